The number of nitrogens with zero attached hydrogens (tertiary/aromatic N) is 1. The maximum absolute atomic E-state index is 13.3. The quantitative estimate of drug-likeness (QED) is 0.424. The molecule has 0 spiro atoms. The Labute approximate surface area is 198 Å². The fourth-order valence-corrected chi connectivity index (χ4v) is 5.11. The molecule has 8 heteroatoms. The summed E-state index contributed by atoms with van der Waals surface area (Å²) >= 11 is 7.56. The number of benzene rings is 3. The van der Waals surface area contributed by atoms with E-state index in [9.17, 15) is 13.2 Å². The smallest absolute Gasteiger partial charge is 0.243 e. The third-order valence-electron chi connectivity index (χ3n) is 4.97. The molecule has 3 aromatic carbocycles. The standard InChI is InChI=1S/C24H25ClN2O3S2/c1-18(20-8-12-22(31-2)13-9-20)26-24(28)17-27(16-19-6-4-3-5-7-19)32(29,30)23-14-10-21(25)11-15-23/h3-15,18H,16-17H2,1-2H3,(H,26,28)/t18-/m0/s1. The monoisotopic (exact) mass is 488 g/mol. The summed E-state index contributed by atoms with van der Waals surface area (Å²) in [6, 6.07) is 22.8. The first-order valence-electron chi connectivity index (χ1n) is 10.0. The molecule has 0 saturated heterocycles. The number of carbonyl (C=O) groups excluding carboxylic acids is 1. The molecule has 0 saturated carbocycles. The molecule has 1 atom stereocenters. The summed E-state index contributed by atoms with van der Waals surface area (Å²) in [7, 11) is -3.91. The lowest BCUT2D eigenvalue weighted by molar-refractivity contribution is -0.122. The van der Waals surface area contributed by atoms with Gasteiger partial charge in [-0.2, -0.15) is 4.31 Å². The molecule has 1 N–H and O–H groups in total. The highest BCUT2D eigenvalue weighted by molar-refractivity contribution is 7.98. The van der Waals surface area contributed by atoms with E-state index >= 15 is 0 Å². The van der Waals surface area contributed by atoms with Crippen LogP contribution in [0.3, 0.4) is 0 Å². The number of hydrogen-bond donors (Lipinski definition) is 1. The van der Waals surface area contributed by atoms with E-state index in [-0.39, 0.29) is 29.9 Å². The van der Waals surface area contributed by atoms with E-state index in [4.69, 9.17) is 11.6 Å². The van der Waals surface area contributed by atoms with Crippen LogP contribution in [0, 0.1) is 0 Å². The maximum atomic E-state index is 13.3. The molecule has 0 heterocycles. The minimum atomic E-state index is -3.91. The lowest BCUT2D eigenvalue weighted by atomic mass is 10.1. The second-order valence-electron chi connectivity index (χ2n) is 7.27. The summed E-state index contributed by atoms with van der Waals surface area (Å²) in [4.78, 5) is 14.1. The topological polar surface area (TPSA) is 66.5 Å². The van der Waals surface area contributed by atoms with Gasteiger partial charge in [0.05, 0.1) is 17.5 Å². The summed E-state index contributed by atoms with van der Waals surface area (Å²) < 4.78 is 27.8. The summed E-state index contributed by atoms with van der Waals surface area (Å²) in [5.74, 6) is -0.375. The molecule has 0 fully saturated rings. The van der Waals surface area contributed by atoms with Crippen LogP contribution in [0.1, 0.15) is 24.1 Å². The van der Waals surface area contributed by atoms with Crippen molar-refractivity contribution in [3.8, 4) is 0 Å². The second kappa shape index (κ2) is 11.0. The number of sulfonamides is 1. The van der Waals surface area contributed by atoms with E-state index in [1.165, 1.54) is 28.6 Å². The minimum Gasteiger partial charge on any atom is -0.348 e. The Balaban J connectivity index is 1.79. The minimum absolute atomic E-state index is 0.0794. The van der Waals surface area contributed by atoms with Gasteiger partial charge in [0.15, 0.2) is 0 Å². The highest BCUT2D eigenvalue weighted by Gasteiger charge is 2.27. The molecule has 0 aromatic heterocycles. The predicted molar refractivity (Wildman–Crippen MR) is 130 cm³/mol. The van der Waals surface area contributed by atoms with Crippen LogP contribution < -0.4 is 5.32 Å². The lowest BCUT2D eigenvalue weighted by Gasteiger charge is -2.23. The third kappa shape index (κ3) is 6.36. The van der Waals surface area contributed by atoms with E-state index in [2.05, 4.69) is 5.32 Å². The van der Waals surface area contributed by atoms with E-state index in [0.29, 0.717) is 5.02 Å². The van der Waals surface area contributed by atoms with Gasteiger partial charge in [-0.25, -0.2) is 8.42 Å². The van der Waals surface area contributed by atoms with Crippen molar-refractivity contribution >= 4 is 39.3 Å². The van der Waals surface area contributed by atoms with Crippen molar-refractivity contribution < 1.29 is 13.2 Å². The van der Waals surface area contributed by atoms with Gasteiger partial charge in [-0.3, -0.25) is 4.79 Å². The molecule has 3 rings (SSSR count). The van der Waals surface area contributed by atoms with Gasteiger partial charge in [0, 0.05) is 16.5 Å². The zero-order chi connectivity index (χ0) is 23.1. The highest BCUT2D eigenvalue weighted by Crippen LogP contribution is 2.22. The zero-order valence-electron chi connectivity index (χ0n) is 17.9. The van der Waals surface area contributed by atoms with Gasteiger partial charge < -0.3 is 5.32 Å². The van der Waals surface area contributed by atoms with Gasteiger partial charge in [-0.05, 0) is 60.7 Å². The molecule has 0 radical (unpaired) electrons. The molecular weight excluding hydrogens is 464 g/mol. The van der Waals surface area contributed by atoms with Crippen LogP contribution in [0.25, 0.3) is 0 Å². The molecular formula is C24H25ClN2O3S2. The lowest BCUT2D eigenvalue weighted by Crippen LogP contribution is -2.41. The van der Waals surface area contributed by atoms with Gasteiger partial charge in [-0.1, -0.05) is 54.1 Å². The number of hydrogen-bond acceptors (Lipinski definition) is 4. The van der Waals surface area contributed by atoms with E-state index in [1.807, 2.05) is 67.8 Å². The molecule has 0 bridgehead atoms. The van der Waals surface area contributed by atoms with Crippen LogP contribution in [0.5, 0.6) is 0 Å². The van der Waals surface area contributed by atoms with Crippen LogP contribution in [0.2, 0.25) is 5.02 Å². The van der Waals surface area contributed by atoms with Crippen LogP contribution >= 0.6 is 23.4 Å². The first kappa shape index (κ1) is 24.3. The molecule has 0 unspecified atom stereocenters. The summed E-state index contributed by atoms with van der Waals surface area (Å²) in [6.45, 7) is 1.66. The SMILES string of the molecule is CSc1ccc([C@H](C)NC(=O)CN(Cc2ccccc2)S(=O)(=O)c2ccc(Cl)cc2)cc1. The molecule has 3 aromatic rings. The number of amides is 1. The summed E-state index contributed by atoms with van der Waals surface area (Å²) in [5, 5.41) is 3.35. The Morgan fingerprint density at radius 2 is 1.62 bits per heavy atom. The zero-order valence-corrected chi connectivity index (χ0v) is 20.3. The van der Waals surface area contributed by atoms with Crippen LogP contribution in [0.4, 0.5) is 0 Å². The van der Waals surface area contributed by atoms with E-state index < -0.39 is 10.0 Å². The van der Waals surface area contributed by atoms with Crippen molar-refractivity contribution in [2.45, 2.75) is 29.3 Å². The molecule has 0 aliphatic carbocycles. The molecule has 0 aliphatic heterocycles. The van der Waals surface area contributed by atoms with Crippen molar-refractivity contribution in [1.29, 1.82) is 0 Å². The predicted octanol–water partition coefficient (Wildman–Crippen LogP) is 5.13. The van der Waals surface area contributed by atoms with Crippen molar-refractivity contribution in [3.05, 3.63) is 95.0 Å². The number of rotatable bonds is 9. The van der Waals surface area contributed by atoms with Crippen LogP contribution in [0.15, 0.2) is 88.7 Å². The Bertz CT molecular complexity index is 1140. The maximum Gasteiger partial charge on any atom is 0.243 e. The van der Waals surface area contributed by atoms with Crippen molar-refractivity contribution in [1.82, 2.24) is 9.62 Å². The Kier molecular flexibility index (Phi) is 8.37. The van der Waals surface area contributed by atoms with E-state index in [1.54, 1.807) is 11.8 Å². The van der Waals surface area contributed by atoms with Crippen LogP contribution in [-0.4, -0.2) is 31.4 Å². The van der Waals surface area contributed by atoms with Gasteiger partial charge >= 0.3 is 0 Å². The molecule has 1 amide bonds. The number of halogens is 1. The van der Waals surface area contributed by atoms with Gasteiger partial charge in [-0.15, -0.1) is 11.8 Å². The summed E-state index contributed by atoms with van der Waals surface area (Å²) in [6.07, 6.45) is 2.00. The fourth-order valence-electron chi connectivity index (χ4n) is 3.19. The number of nitrogens with one attached hydrogen (secondary N) is 1. The molecule has 32 heavy (non-hydrogen) atoms. The molecule has 168 valence electrons. The first-order valence-corrected chi connectivity index (χ1v) is 13.1. The van der Waals surface area contributed by atoms with Crippen molar-refractivity contribution in [2.75, 3.05) is 12.8 Å². The average Bonchev–Trinajstić information content (AvgIpc) is 2.79. The first-order chi connectivity index (χ1) is 15.3. The number of carbonyl (C=O) groups is 1. The Morgan fingerprint density at radius 1 is 1.00 bits per heavy atom. The fraction of sp³-hybridized carbons (Fsp3) is 0.208. The molecule has 5 nitrogen and oxygen atoms in total. The highest BCUT2D eigenvalue weighted by atomic mass is 35.5. The number of thioether (sulfide) groups is 1. The third-order valence-corrected chi connectivity index (χ3v) is 7.77. The normalized spacial score (nSPS) is 12.5. The van der Waals surface area contributed by atoms with Crippen molar-refractivity contribution in [3.63, 3.8) is 0 Å². The Morgan fingerprint density at radius 3 is 2.22 bits per heavy atom. The summed E-state index contributed by atoms with van der Waals surface area (Å²) in [5.41, 5.74) is 1.74. The van der Waals surface area contributed by atoms with Gasteiger partial charge in [0.1, 0.15) is 0 Å². The van der Waals surface area contributed by atoms with E-state index in [0.717, 1.165) is 16.0 Å². The Hall–Kier alpha value is -2.32. The van der Waals surface area contributed by atoms with Gasteiger partial charge in [0.25, 0.3) is 0 Å². The second-order valence-corrected chi connectivity index (χ2v) is 10.5. The van der Waals surface area contributed by atoms with Gasteiger partial charge in [0.2, 0.25) is 15.9 Å². The molecule has 0 aliphatic rings. The largest absolute Gasteiger partial charge is 0.348 e. The van der Waals surface area contributed by atoms with Crippen LogP contribution in [-0.2, 0) is 21.4 Å². The average molecular weight is 489 g/mol. The van der Waals surface area contributed by atoms with Crippen molar-refractivity contribution in [2.24, 2.45) is 0 Å².